The molecular formula is C24H31FN2O3. The monoisotopic (exact) mass is 414 g/mol. The van der Waals surface area contributed by atoms with Crippen LogP contribution < -0.4 is 10.1 Å². The van der Waals surface area contributed by atoms with Gasteiger partial charge in [0.1, 0.15) is 17.7 Å². The maximum Gasteiger partial charge on any atom is 0.335 e. The number of carbonyl (C=O) groups is 1. The second kappa shape index (κ2) is 9.58. The number of rotatable bonds is 7. The van der Waals surface area contributed by atoms with E-state index in [4.69, 9.17) is 4.74 Å². The molecule has 0 saturated carbocycles. The zero-order chi connectivity index (χ0) is 21.8. The standard InChI is InChI=1S/C24H31FN2O3/c1-15(2)21-12-19(7-8-20(21)24(28)29)30-23(14-27-10-9-26-17(4)13-27)18-6-5-16(3)22(25)11-18/h5-8,11-12,15,17,23,26H,9-10,13-14H2,1-4H3,(H,28,29)/t17-,23?/m1/s1. The van der Waals surface area contributed by atoms with E-state index in [1.807, 2.05) is 19.9 Å². The Morgan fingerprint density at radius 3 is 2.70 bits per heavy atom. The first-order valence-corrected chi connectivity index (χ1v) is 10.5. The van der Waals surface area contributed by atoms with Crippen molar-refractivity contribution in [3.05, 3.63) is 64.5 Å². The van der Waals surface area contributed by atoms with Gasteiger partial charge < -0.3 is 15.2 Å². The fourth-order valence-corrected chi connectivity index (χ4v) is 3.88. The van der Waals surface area contributed by atoms with Crippen LogP contribution in [0, 0.1) is 12.7 Å². The summed E-state index contributed by atoms with van der Waals surface area (Å²) in [5.41, 5.74) is 2.38. The minimum absolute atomic E-state index is 0.0453. The van der Waals surface area contributed by atoms with Crippen molar-refractivity contribution in [1.82, 2.24) is 10.2 Å². The lowest BCUT2D eigenvalue weighted by molar-refractivity contribution is 0.0695. The van der Waals surface area contributed by atoms with Crippen molar-refractivity contribution < 1.29 is 19.0 Å². The third-order valence-corrected chi connectivity index (χ3v) is 5.60. The molecular weight excluding hydrogens is 383 g/mol. The van der Waals surface area contributed by atoms with Crippen LogP contribution in [0.1, 0.15) is 59.8 Å². The van der Waals surface area contributed by atoms with Crippen LogP contribution in [0.2, 0.25) is 0 Å². The number of ether oxygens (including phenoxy) is 1. The molecule has 1 saturated heterocycles. The topological polar surface area (TPSA) is 61.8 Å². The lowest BCUT2D eigenvalue weighted by Gasteiger charge is -2.34. The number of benzene rings is 2. The fraction of sp³-hybridized carbons (Fsp3) is 0.458. The van der Waals surface area contributed by atoms with Crippen LogP contribution in [0.15, 0.2) is 36.4 Å². The molecule has 0 aromatic heterocycles. The highest BCUT2D eigenvalue weighted by atomic mass is 19.1. The number of halogens is 1. The number of carboxylic acids is 1. The van der Waals surface area contributed by atoms with E-state index in [9.17, 15) is 14.3 Å². The fourth-order valence-electron chi connectivity index (χ4n) is 3.88. The minimum Gasteiger partial charge on any atom is -0.484 e. The van der Waals surface area contributed by atoms with Gasteiger partial charge in [-0.2, -0.15) is 0 Å². The number of aromatic carboxylic acids is 1. The van der Waals surface area contributed by atoms with E-state index in [-0.39, 0.29) is 23.4 Å². The molecule has 1 aliphatic rings. The smallest absolute Gasteiger partial charge is 0.335 e. The first kappa shape index (κ1) is 22.2. The largest absolute Gasteiger partial charge is 0.484 e. The molecule has 5 nitrogen and oxygen atoms in total. The van der Waals surface area contributed by atoms with Crippen LogP contribution in [-0.4, -0.2) is 48.2 Å². The summed E-state index contributed by atoms with van der Waals surface area (Å²) in [5.74, 6) is -0.558. The van der Waals surface area contributed by atoms with Gasteiger partial charge in [-0.1, -0.05) is 26.0 Å². The van der Waals surface area contributed by atoms with E-state index < -0.39 is 5.97 Å². The molecule has 0 bridgehead atoms. The van der Waals surface area contributed by atoms with Gasteiger partial charge in [0, 0.05) is 32.2 Å². The van der Waals surface area contributed by atoms with Gasteiger partial charge in [-0.15, -0.1) is 0 Å². The molecule has 2 atom stereocenters. The van der Waals surface area contributed by atoms with Gasteiger partial charge in [0.15, 0.2) is 0 Å². The molecule has 0 spiro atoms. The molecule has 2 aromatic rings. The van der Waals surface area contributed by atoms with E-state index >= 15 is 0 Å². The molecule has 0 amide bonds. The predicted molar refractivity (Wildman–Crippen MR) is 116 cm³/mol. The molecule has 1 heterocycles. The van der Waals surface area contributed by atoms with Crippen molar-refractivity contribution in [2.75, 3.05) is 26.2 Å². The number of carboxylic acid groups (broad SMARTS) is 1. The second-order valence-corrected chi connectivity index (χ2v) is 8.44. The van der Waals surface area contributed by atoms with Gasteiger partial charge in [-0.3, -0.25) is 4.90 Å². The molecule has 0 aliphatic carbocycles. The second-order valence-electron chi connectivity index (χ2n) is 8.44. The summed E-state index contributed by atoms with van der Waals surface area (Å²) in [6, 6.07) is 10.7. The molecule has 2 aromatic carbocycles. The Balaban J connectivity index is 1.90. The Labute approximate surface area is 177 Å². The molecule has 1 unspecified atom stereocenters. The first-order chi connectivity index (χ1) is 14.2. The Hall–Kier alpha value is -2.44. The number of hydrogen-bond acceptors (Lipinski definition) is 4. The average molecular weight is 415 g/mol. The molecule has 1 aliphatic heterocycles. The van der Waals surface area contributed by atoms with E-state index in [1.54, 1.807) is 37.3 Å². The SMILES string of the molecule is Cc1ccc(C(CN2CCN[C@H](C)C2)Oc2ccc(C(=O)O)c(C(C)C)c2)cc1F. The Kier molecular flexibility index (Phi) is 7.10. The lowest BCUT2D eigenvalue weighted by atomic mass is 9.97. The van der Waals surface area contributed by atoms with Crippen molar-refractivity contribution in [2.45, 2.75) is 45.8 Å². The molecule has 30 heavy (non-hydrogen) atoms. The van der Waals surface area contributed by atoms with Crippen molar-refractivity contribution in [1.29, 1.82) is 0 Å². The minimum atomic E-state index is -0.947. The Morgan fingerprint density at radius 2 is 2.07 bits per heavy atom. The van der Waals surface area contributed by atoms with Crippen LogP contribution in [0.5, 0.6) is 5.75 Å². The van der Waals surface area contributed by atoms with Crippen LogP contribution >= 0.6 is 0 Å². The van der Waals surface area contributed by atoms with Crippen LogP contribution in [0.4, 0.5) is 4.39 Å². The molecule has 6 heteroatoms. The number of aryl methyl sites for hydroxylation is 1. The highest BCUT2D eigenvalue weighted by Gasteiger charge is 2.23. The number of hydrogen-bond donors (Lipinski definition) is 2. The van der Waals surface area contributed by atoms with Gasteiger partial charge in [0.05, 0.1) is 5.56 Å². The van der Waals surface area contributed by atoms with Gasteiger partial charge in [-0.05, 0) is 60.7 Å². The maximum atomic E-state index is 14.3. The van der Waals surface area contributed by atoms with Gasteiger partial charge in [-0.25, -0.2) is 9.18 Å². The summed E-state index contributed by atoms with van der Waals surface area (Å²) in [6.45, 7) is 11.1. The van der Waals surface area contributed by atoms with Crippen molar-refractivity contribution in [3.8, 4) is 5.75 Å². The normalized spacial score (nSPS) is 18.4. The molecule has 0 radical (unpaired) electrons. The van der Waals surface area contributed by atoms with Gasteiger partial charge in [0.25, 0.3) is 0 Å². The summed E-state index contributed by atoms with van der Waals surface area (Å²) >= 11 is 0. The Morgan fingerprint density at radius 1 is 1.30 bits per heavy atom. The van der Waals surface area contributed by atoms with Gasteiger partial charge in [0.2, 0.25) is 0 Å². The van der Waals surface area contributed by atoms with Crippen LogP contribution in [0.25, 0.3) is 0 Å². The van der Waals surface area contributed by atoms with E-state index in [1.165, 1.54) is 0 Å². The zero-order valence-corrected chi connectivity index (χ0v) is 18.1. The summed E-state index contributed by atoms with van der Waals surface area (Å²) in [5, 5.41) is 12.9. The maximum absolute atomic E-state index is 14.3. The quantitative estimate of drug-likeness (QED) is 0.705. The third kappa shape index (κ3) is 5.37. The van der Waals surface area contributed by atoms with Crippen molar-refractivity contribution in [3.63, 3.8) is 0 Å². The number of nitrogens with zero attached hydrogens (tertiary/aromatic N) is 1. The van der Waals surface area contributed by atoms with E-state index in [0.717, 1.165) is 30.8 Å². The molecule has 162 valence electrons. The van der Waals surface area contributed by atoms with E-state index in [2.05, 4.69) is 17.1 Å². The highest BCUT2D eigenvalue weighted by molar-refractivity contribution is 5.89. The number of piperazine rings is 1. The Bertz CT molecular complexity index is 900. The molecule has 2 N–H and O–H groups in total. The van der Waals surface area contributed by atoms with Crippen molar-refractivity contribution in [2.24, 2.45) is 0 Å². The summed E-state index contributed by atoms with van der Waals surface area (Å²) in [4.78, 5) is 13.9. The zero-order valence-electron chi connectivity index (χ0n) is 18.1. The average Bonchev–Trinajstić information content (AvgIpc) is 2.69. The molecule has 3 rings (SSSR count). The van der Waals surface area contributed by atoms with Crippen LogP contribution in [0.3, 0.4) is 0 Å². The highest BCUT2D eigenvalue weighted by Crippen LogP contribution is 2.29. The summed E-state index contributed by atoms with van der Waals surface area (Å²) in [7, 11) is 0. The lowest BCUT2D eigenvalue weighted by Crippen LogP contribution is -2.50. The van der Waals surface area contributed by atoms with Crippen LogP contribution in [-0.2, 0) is 0 Å². The predicted octanol–water partition coefficient (Wildman–Crippen LogP) is 4.37. The molecule has 1 fully saturated rings. The number of nitrogens with one attached hydrogen (secondary N) is 1. The first-order valence-electron chi connectivity index (χ1n) is 10.5. The summed E-state index contributed by atoms with van der Waals surface area (Å²) in [6.07, 6.45) is -0.360. The summed E-state index contributed by atoms with van der Waals surface area (Å²) < 4.78 is 20.6. The third-order valence-electron chi connectivity index (χ3n) is 5.60. The van der Waals surface area contributed by atoms with E-state index in [0.29, 0.717) is 23.9 Å². The van der Waals surface area contributed by atoms with Gasteiger partial charge >= 0.3 is 5.97 Å². The van der Waals surface area contributed by atoms with Crippen molar-refractivity contribution >= 4 is 5.97 Å².